The molecule has 2 aromatic carbocycles. The minimum atomic E-state index is -0.193. The zero-order valence-electron chi connectivity index (χ0n) is 16.3. The molecule has 2 N–H and O–H groups in total. The molecule has 0 saturated carbocycles. The molecule has 3 heterocycles. The van der Waals surface area contributed by atoms with E-state index in [0.29, 0.717) is 41.0 Å². The van der Waals surface area contributed by atoms with Crippen molar-refractivity contribution in [3.05, 3.63) is 77.7 Å². The number of aryl methyl sites for hydroxylation is 1. The summed E-state index contributed by atoms with van der Waals surface area (Å²) in [4.78, 5) is 25.4. The summed E-state index contributed by atoms with van der Waals surface area (Å²) in [7, 11) is 0. The molecule has 0 aliphatic carbocycles. The van der Waals surface area contributed by atoms with Crippen molar-refractivity contribution >= 4 is 28.0 Å². The molecular formula is C23H19N5O2. The van der Waals surface area contributed by atoms with Gasteiger partial charge in [-0.15, -0.1) is 0 Å². The monoisotopic (exact) mass is 397 g/mol. The zero-order chi connectivity index (χ0) is 20.5. The lowest BCUT2D eigenvalue weighted by molar-refractivity contribution is 0.0955. The van der Waals surface area contributed by atoms with Crippen molar-refractivity contribution in [2.75, 3.05) is 6.54 Å². The Kier molecular flexibility index (Phi) is 4.48. The highest BCUT2D eigenvalue weighted by Gasteiger charge is 2.19. The number of aromatic nitrogens is 4. The number of nitrogens with one attached hydrogen (secondary N) is 2. The van der Waals surface area contributed by atoms with E-state index in [9.17, 15) is 4.79 Å². The summed E-state index contributed by atoms with van der Waals surface area (Å²) in [5, 5.41) is 7.61. The van der Waals surface area contributed by atoms with Gasteiger partial charge in [0, 0.05) is 18.5 Å². The summed E-state index contributed by atoms with van der Waals surface area (Å²) < 4.78 is 5.35. The van der Waals surface area contributed by atoms with Crippen LogP contribution in [0.15, 0.2) is 65.2 Å². The SMILES string of the molecule is Cc1noc2nc(-c3ccccc3)cc(C(=O)NCCc3nc4ccccc4[nH]3)c12. The minimum Gasteiger partial charge on any atom is -0.352 e. The van der Waals surface area contributed by atoms with Gasteiger partial charge in [-0.2, -0.15) is 0 Å². The molecule has 0 bridgehead atoms. The van der Waals surface area contributed by atoms with Crippen LogP contribution in [-0.2, 0) is 6.42 Å². The van der Waals surface area contributed by atoms with Crippen molar-refractivity contribution in [2.45, 2.75) is 13.3 Å². The highest BCUT2D eigenvalue weighted by atomic mass is 16.5. The largest absolute Gasteiger partial charge is 0.352 e. The first kappa shape index (κ1) is 18.1. The number of hydrogen-bond donors (Lipinski definition) is 2. The van der Waals surface area contributed by atoms with Gasteiger partial charge in [-0.3, -0.25) is 4.79 Å². The highest BCUT2D eigenvalue weighted by molar-refractivity contribution is 6.07. The number of hydrogen-bond acceptors (Lipinski definition) is 5. The van der Waals surface area contributed by atoms with Gasteiger partial charge in [-0.1, -0.05) is 47.6 Å². The molecule has 5 rings (SSSR count). The summed E-state index contributed by atoms with van der Waals surface area (Å²) in [6.45, 7) is 2.26. The van der Waals surface area contributed by atoms with Crippen LogP contribution in [-0.4, -0.2) is 32.6 Å². The molecule has 0 radical (unpaired) electrons. The van der Waals surface area contributed by atoms with Gasteiger partial charge >= 0.3 is 0 Å². The summed E-state index contributed by atoms with van der Waals surface area (Å²) >= 11 is 0. The maximum atomic E-state index is 13.0. The third kappa shape index (κ3) is 3.30. The maximum Gasteiger partial charge on any atom is 0.259 e. The third-order valence-corrected chi connectivity index (χ3v) is 5.02. The normalized spacial score (nSPS) is 11.2. The second kappa shape index (κ2) is 7.44. The van der Waals surface area contributed by atoms with Gasteiger partial charge in [-0.25, -0.2) is 9.97 Å². The van der Waals surface area contributed by atoms with E-state index in [1.807, 2.05) is 54.6 Å². The van der Waals surface area contributed by atoms with Crippen LogP contribution in [0.2, 0.25) is 0 Å². The molecule has 1 amide bonds. The first-order valence-electron chi connectivity index (χ1n) is 9.73. The van der Waals surface area contributed by atoms with Crippen LogP contribution in [0.5, 0.6) is 0 Å². The van der Waals surface area contributed by atoms with Crippen LogP contribution in [0.4, 0.5) is 0 Å². The van der Waals surface area contributed by atoms with Gasteiger partial charge in [0.15, 0.2) is 0 Å². The third-order valence-electron chi connectivity index (χ3n) is 5.02. The topological polar surface area (TPSA) is 96.7 Å². The predicted molar refractivity (Wildman–Crippen MR) is 114 cm³/mol. The number of para-hydroxylation sites is 2. The first-order chi connectivity index (χ1) is 14.7. The quantitative estimate of drug-likeness (QED) is 0.466. The molecule has 148 valence electrons. The summed E-state index contributed by atoms with van der Waals surface area (Å²) in [6, 6.07) is 19.3. The Balaban J connectivity index is 1.40. The van der Waals surface area contributed by atoms with Crippen LogP contribution in [0, 0.1) is 6.92 Å². The van der Waals surface area contributed by atoms with Crippen molar-refractivity contribution in [1.82, 2.24) is 25.4 Å². The summed E-state index contributed by atoms with van der Waals surface area (Å²) in [5.74, 6) is 0.643. The Morgan fingerprint density at radius 1 is 1.07 bits per heavy atom. The fraction of sp³-hybridized carbons (Fsp3) is 0.130. The number of fused-ring (bicyclic) bond motifs is 2. The predicted octanol–water partition coefficient (Wildman–Crippen LogP) is 4.05. The lowest BCUT2D eigenvalue weighted by Gasteiger charge is -2.08. The Bertz CT molecular complexity index is 1320. The van der Waals surface area contributed by atoms with Crippen LogP contribution in [0.25, 0.3) is 33.4 Å². The second-order valence-corrected chi connectivity index (χ2v) is 7.08. The van der Waals surface area contributed by atoms with Gasteiger partial charge in [0.05, 0.1) is 33.4 Å². The van der Waals surface area contributed by atoms with Gasteiger partial charge in [0.2, 0.25) is 0 Å². The van der Waals surface area contributed by atoms with Crippen LogP contribution < -0.4 is 5.32 Å². The smallest absolute Gasteiger partial charge is 0.259 e. The van der Waals surface area contributed by atoms with E-state index in [1.54, 1.807) is 13.0 Å². The molecule has 0 saturated heterocycles. The standard InChI is InChI=1S/C23H19N5O2/c1-14-21-16(13-19(27-23(21)30-28-14)15-7-3-2-4-8-15)22(29)24-12-11-20-25-17-9-5-6-10-18(17)26-20/h2-10,13H,11-12H2,1H3,(H,24,29)(H,25,26). The summed E-state index contributed by atoms with van der Waals surface area (Å²) in [5.41, 5.74) is 4.98. The number of imidazole rings is 1. The van der Waals surface area contributed by atoms with E-state index in [-0.39, 0.29) is 5.91 Å². The van der Waals surface area contributed by atoms with E-state index in [2.05, 4.69) is 25.4 Å². The maximum absolute atomic E-state index is 13.0. The molecule has 30 heavy (non-hydrogen) atoms. The van der Waals surface area contributed by atoms with Crippen molar-refractivity contribution < 1.29 is 9.32 Å². The number of H-pyrrole nitrogens is 1. The van der Waals surface area contributed by atoms with E-state index in [0.717, 1.165) is 22.4 Å². The van der Waals surface area contributed by atoms with E-state index < -0.39 is 0 Å². The molecule has 3 aromatic heterocycles. The fourth-order valence-electron chi connectivity index (χ4n) is 3.54. The van der Waals surface area contributed by atoms with E-state index >= 15 is 0 Å². The Morgan fingerprint density at radius 3 is 2.70 bits per heavy atom. The second-order valence-electron chi connectivity index (χ2n) is 7.08. The first-order valence-corrected chi connectivity index (χ1v) is 9.73. The van der Waals surface area contributed by atoms with Crippen molar-refractivity contribution in [3.8, 4) is 11.3 Å². The van der Waals surface area contributed by atoms with Crippen LogP contribution in [0.3, 0.4) is 0 Å². The number of nitrogens with zero attached hydrogens (tertiary/aromatic N) is 3. The average molecular weight is 397 g/mol. The van der Waals surface area contributed by atoms with Crippen molar-refractivity contribution in [2.24, 2.45) is 0 Å². The fourth-order valence-corrected chi connectivity index (χ4v) is 3.54. The molecule has 0 aliphatic rings. The van der Waals surface area contributed by atoms with Gasteiger partial charge in [-0.05, 0) is 25.1 Å². The van der Waals surface area contributed by atoms with Crippen molar-refractivity contribution in [1.29, 1.82) is 0 Å². The van der Waals surface area contributed by atoms with Gasteiger partial charge in [0.25, 0.3) is 11.6 Å². The molecule has 0 fully saturated rings. The molecule has 5 aromatic rings. The molecule has 7 heteroatoms. The molecule has 0 unspecified atom stereocenters. The Morgan fingerprint density at radius 2 is 1.87 bits per heavy atom. The molecule has 0 atom stereocenters. The molecule has 7 nitrogen and oxygen atoms in total. The molecular weight excluding hydrogens is 378 g/mol. The van der Waals surface area contributed by atoms with Crippen molar-refractivity contribution in [3.63, 3.8) is 0 Å². The van der Waals surface area contributed by atoms with E-state index in [4.69, 9.17) is 4.52 Å². The average Bonchev–Trinajstić information content (AvgIpc) is 3.36. The number of rotatable bonds is 5. The number of carbonyl (C=O) groups is 1. The number of carbonyl (C=O) groups excluding carboxylic acids is 1. The Labute approximate surface area is 172 Å². The summed E-state index contributed by atoms with van der Waals surface area (Å²) in [6.07, 6.45) is 0.600. The number of pyridine rings is 1. The lowest BCUT2D eigenvalue weighted by atomic mass is 10.1. The zero-order valence-corrected chi connectivity index (χ0v) is 16.3. The Hall–Kier alpha value is -4.00. The number of amides is 1. The number of aromatic amines is 1. The minimum absolute atomic E-state index is 0.193. The van der Waals surface area contributed by atoms with Gasteiger partial charge in [0.1, 0.15) is 5.82 Å². The molecule has 0 aliphatic heterocycles. The van der Waals surface area contributed by atoms with Gasteiger partial charge < -0.3 is 14.8 Å². The molecule has 0 spiro atoms. The van der Waals surface area contributed by atoms with E-state index in [1.165, 1.54) is 0 Å². The number of benzene rings is 2. The van der Waals surface area contributed by atoms with Crippen LogP contribution in [0.1, 0.15) is 21.9 Å². The van der Waals surface area contributed by atoms with Crippen LogP contribution >= 0.6 is 0 Å². The highest BCUT2D eigenvalue weighted by Crippen LogP contribution is 2.26. The lowest BCUT2D eigenvalue weighted by Crippen LogP contribution is -2.26.